The van der Waals surface area contributed by atoms with Gasteiger partial charge in [-0.1, -0.05) is 25.0 Å². The van der Waals surface area contributed by atoms with Crippen LogP contribution in [0.2, 0.25) is 0 Å². The first kappa shape index (κ1) is 11.8. The number of furan rings is 1. The summed E-state index contributed by atoms with van der Waals surface area (Å²) in [6, 6.07) is 7.59. The zero-order valence-corrected chi connectivity index (χ0v) is 11.3. The van der Waals surface area contributed by atoms with Crippen molar-refractivity contribution in [3.63, 3.8) is 0 Å². The normalized spacial score (nSPS) is 16.0. The molecule has 4 rings (SSSR count). The first-order valence-electron chi connectivity index (χ1n) is 7.31. The van der Waals surface area contributed by atoms with Crippen LogP contribution in [0.15, 0.2) is 37.9 Å². The number of hydrogen-bond acceptors (Lipinski definition) is 3. The summed E-state index contributed by atoms with van der Waals surface area (Å²) >= 11 is 0. The second kappa shape index (κ2) is 4.51. The Hall–Kier alpha value is -2.03. The molecule has 20 heavy (non-hydrogen) atoms. The lowest BCUT2D eigenvalue weighted by atomic mass is 9.97. The van der Waals surface area contributed by atoms with Crippen LogP contribution in [0.3, 0.4) is 0 Å². The Labute approximate surface area is 116 Å². The fraction of sp³-hybridized carbons (Fsp3) is 0.353. The molecule has 2 aromatic heterocycles. The molecule has 1 aliphatic rings. The number of benzene rings is 1. The third-order valence-corrected chi connectivity index (χ3v) is 4.21. The van der Waals surface area contributed by atoms with E-state index in [1.165, 1.54) is 12.8 Å². The van der Waals surface area contributed by atoms with Crippen LogP contribution in [0.5, 0.6) is 0 Å². The van der Waals surface area contributed by atoms with Gasteiger partial charge in [-0.3, -0.25) is 0 Å². The van der Waals surface area contributed by atoms with E-state index in [0.29, 0.717) is 16.6 Å². The predicted octanol–water partition coefficient (Wildman–Crippen LogP) is 4.20. The number of hydrogen-bond donors (Lipinski definition) is 0. The first-order valence-corrected chi connectivity index (χ1v) is 7.31. The van der Waals surface area contributed by atoms with Crippen LogP contribution in [0.1, 0.15) is 37.0 Å². The van der Waals surface area contributed by atoms with Crippen LogP contribution in [0.4, 0.5) is 0 Å². The lowest BCUT2D eigenvalue weighted by Gasteiger charge is -2.07. The molecule has 0 saturated heterocycles. The quantitative estimate of drug-likeness (QED) is 0.574. The summed E-state index contributed by atoms with van der Waals surface area (Å²) in [5.41, 5.74) is 2.14. The molecular weight excluding hydrogens is 252 g/mol. The molecule has 1 aliphatic carbocycles. The molecule has 2 heterocycles. The number of fused-ring (bicyclic) bond motifs is 5. The van der Waals surface area contributed by atoms with E-state index in [-0.39, 0.29) is 5.63 Å². The SMILES string of the molecule is O=c1oc2ccccc2c2oc3c(c12)CCCCCC3. The molecule has 0 N–H and O–H groups in total. The van der Waals surface area contributed by atoms with E-state index >= 15 is 0 Å². The van der Waals surface area contributed by atoms with Crippen molar-refractivity contribution in [3.05, 3.63) is 46.0 Å². The highest BCUT2D eigenvalue weighted by Gasteiger charge is 2.21. The van der Waals surface area contributed by atoms with Gasteiger partial charge < -0.3 is 8.83 Å². The highest BCUT2D eigenvalue weighted by atomic mass is 16.4. The van der Waals surface area contributed by atoms with Gasteiger partial charge in [0, 0.05) is 12.0 Å². The fourth-order valence-corrected chi connectivity index (χ4v) is 3.22. The standard InChI is InChI=1S/C17H16O3/c18-17-15-11-7-3-1-2-4-9-13(11)19-16(15)12-8-5-6-10-14(12)20-17/h5-6,8,10H,1-4,7,9H2. The lowest BCUT2D eigenvalue weighted by Crippen LogP contribution is -2.03. The highest BCUT2D eigenvalue weighted by molar-refractivity contribution is 6.02. The summed E-state index contributed by atoms with van der Waals surface area (Å²) < 4.78 is 11.5. The molecule has 0 aliphatic heterocycles. The molecule has 0 spiro atoms. The maximum Gasteiger partial charge on any atom is 0.347 e. The van der Waals surface area contributed by atoms with Crippen molar-refractivity contribution in [2.75, 3.05) is 0 Å². The second-order valence-corrected chi connectivity index (χ2v) is 5.51. The molecule has 0 bridgehead atoms. The Morgan fingerprint density at radius 3 is 2.60 bits per heavy atom. The van der Waals surface area contributed by atoms with Gasteiger partial charge in [0.1, 0.15) is 16.7 Å². The van der Waals surface area contributed by atoms with Crippen LogP contribution >= 0.6 is 0 Å². The van der Waals surface area contributed by atoms with Crippen molar-refractivity contribution >= 4 is 21.9 Å². The maximum atomic E-state index is 12.3. The Balaban J connectivity index is 2.11. The average Bonchev–Trinajstić information content (AvgIpc) is 2.77. The Morgan fingerprint density at radius 1 is 0.900 bits per heavy atom. The maximum absolute atomic E-state index is 12.3. The Morgan fingerprint density at radius 2 is 1.70 bits per heavy atom. The minimum Gasteiger partial charge on any atom is -0.460 e. The second-order valence-electron chi connectivity index (χ2n) is 5.51. The summed E-state index contributed by atoms with van der Waals surface area (Å²) in [5.74, 6) is 0.989. The van der Waals surface area contributed by atoms with Crippen molar-refractivity contribution in [3.8, 4) is 0 Å². The fourth-order valence-electron chi connectivity index (χ4n) is 3.22. The summed E-state index contributed by atoms with van der Waals surface area (Å²) in [7, 11) is 0. The molecule has 0 amide bonds. The minimum atomic E-state index is -0.260. The van der Waals surface area contributed by atoms with Crippen LogP contribution in [-0.4, -0.2) is 0 Å². The Kier molecular flexibility index (Phi) is 2.66. The van der Waals surface area contributed by atoms with E-state index in [4.69, 9.17) is 8.83 Å². The first-order chi connectivity index (χ1) is 9.84. The molecule has 3 nitrogen and oxygen atoms in total. The van der Waals surface area contributed by atoms with E-state index < -0.39 is 0 Å². The molecule has 0 saturated carbocycles. The van der Waals surface area contributed by atoms with E-state index in [2.05, 4.69) is 0 Å². The molecular formula is C17H16O3. The van der Waals surface area contributed by atoms with Gasteiger partial charge in [0.15, 0.2) is 5.58 Å². The van der Waals surface area contributed by atoms with Crippen molar-refractivity contribution in [2.45, 2.75) is 38.5 Å². The number of aryl methyl sites for hydroxylation is 2. The van der Waals surface area contributed by atoms with Gasteiger partial charge in [0.25, 0.3) is 0 Å². The monoisotopic (exact) mass is 268 g/mol. The zero-order chi connectivity index (χ0) is 13.5. The van der Waals surface area contributed by atoms with Gasteiger partial charge in [-0.2, -0.15) is 0 Å². The smallest absolute Gasteiger partial charge is 0.347 e. The topological polar surface area (TPSA) is 43.4 Å². The van der Waals surface area contributed by atoms with E-state index in [1.807, 2.05) is 24.3 Å². The number of rotatable bonds is 0. The van der Waals surface area contributed by atoms with Crippen LogP contribution in [-0.2, 0) is 12.8 Å². The number of para-hydroxylation sites is 1. The van der Waals surface area contributed by atoms with Gasteiger partial charge in [0.2, 0.25) is 0 Å². The van der Waals surface area contributed by atoms with Gasteiger partial charge in [-0.05, 0) is 31.4 Å². The van der Waals surface area contributed by atoms with Crippen LogP contribution in [0.25, 0.3) is 21.9 Å². The van der Waals surface area contributed by atoms with Gasteiger partial charge in [-0.25, -0.2) is 4.79 Å². The zero-order valence-electron chi connectivity index (χ0n) is 11.3. The van der Waals surface area contributed by atoms with Crippen molar-refractivity contribution in [2.24, 2.45) is 0 Å². The lowest BCUT2D eigenvalue weighted by molar-refractivity contribution is 0.505. The molecule has 102 valence electrons. The van der Waals surface area contributed by atoms with Crippen LogP contribution < -0.4 is 5.63 Å². The third-order valence-electron chi connectivity index (χ3n) is 4.21. The summed E-state index contributed by atoms with van der Waals surface area (Å²) in [6.45, 7) is 0. The third kappa shape index (κ3) is 1.69. The van der Waals surface area contributed by atoms with E-state index in [1.54, 1.807) is 0 Å². The van der Waals surface area contributed by atoms with E-state index in [0.717, 1.165) is 42.4 Å². The molecule has 3 heteroatoms. The van der Waals surface area contributed by atoms with Crippen molar-refractivity contribution in [1.29, 1.82) is 0 Å². The molecule has 3 aromatic rings. The summed E-state index contributed by atoms with van der Waals surface area (Å²) in [6.07, 6.45) is 6.57. The van der Waals surface area contributed by atoms with Crippen LogP contribution in [0, 0.1) is 0 Å². The predicted molar refractivity (Wildman–Crippen MR) is 78.1 cm³/mol. The average molecular weight is 268 g/mol. The molecule has 0 unspecified atom stereocenters. The summed E-state index contributed by atoms with van der Waals surface area (Å²) in [5, 5.41) is 1.56. The van der Waals surface area contributed by atoms with Gasteiger partial charge in [0.05, 0.1) is 5.39 Å². The molecule has 0 atom stereocenters. The minimum absolute atomic E-state index is 0.260. The highest BCUT2D eigenvalue weighted by Crippen LogP contribution is 2.32. The summed E-state index contributed by atoms with van der Waals surface area (Å²) in [4.78, 5) is 12.3. The van der Waals surface area contributed by atoms with Gasteiger partial charge >= 0.3 is 5.63 Å². The molecule has 1 aromatic carbocycles. The van der Waals surface area contributed by atoms with Crippen molar-refractivity contribution < 1.29 is 8.83 Å². The Bertz CT molecular complexity index is 838. The molecule has 0 fully saturated rings. The van der Waals surface area contributed by atoms with Crippen molar-refractivity contribution in [1.82, 2.24) is 0 Å². The van der Waals surface area contributed by atoms with E-state index in [9.17, 15) is 4.79 Å². The van der Waals surface area contributed by atoms with Gasteiger partial charge in [-0.15, -0.1) is 0 Å². The largest absolute Gasteiger partial charge is 0.460 e. The molecule has 0 radical (unpaired) electrons.